The van der Waals surface area contributed by atoms with Gasteiger partial charge in [0.2, 0.25) is 0 Å². The molecule has 0 heterocycles. The smallest absolute Gasteiger partial charge is 0.332 e. The molecule has 2 aromatic rings. The fourth-order valence-corrected chi connectivity index (χ4v) is 1.75. The lowest BCUT2D eigenvalue weighted by Gasteiger charge is -2.07. The molecule has 110 valence electrons. The van der Waals surface area contributed by atoms with Gasteiger partial charge in [0.1, 0.15) is 12.4 Å². The Labute approximate surface area is 127 Å². The molecular formula is C16H14N4O2. The summed E-state index contributed by atoms with van der Waals surface area (Å²) in [5, 5.41) is 12.5. The van der Waals surface area contributed by atoms with Crippen molar-refractivity contribution >= 4 is 12.2 Å². The van der Waals surface area contributed by atoms with Crippen LogP contribution in [0.5, 0.6) is 5.75 Å². The van der Waals surface area contributed by atoms with Crippen LogP contribution < -0.4 is 15.9 Å². The number of carbonyl (C=O) groups is 1. The van der Waals surface area contributed by atoms with Gasteiger partial charge in [-0.05, 0) is 35.4 Å². The van der Waals surface area contributed by atoms with Crippen molar-refractivity contribution in [2.45, 2.75) is 6.61 Å². The first-order valence-electron chi connectivity index (χ1n) is 6.48. The second-order valence-electron chi connectivity index (χ2n) is 4.41. The summed E-state index contributed by atoms with van der Waals surface area (Å²) in [5.41, 5.74) is 9.30. The first kappa shape index (κ1) is 15.1. The minimum absolute atomic E-state index is 0.357. The summed E-state index contributed by atoms with van der Waals surface area (Å²) < 4.78 is 5.68. The molecule has 2 rings (SSSR count). The third-order valence-corrected chi connectivity index (χ3v) is 2.71. The highest BCUT2D eigenvalue weighted by molar-refractivity contribution is 5.81. The van der Waals surface area contributed by atoms with Crippen molar-refractivity contribution in [3.05, 3.63) is 65.2 Å². The molecule has 0 spiro atoms. The van der Waals surface area contributed by atoms with Crippen molar-refractivity contribution < 1.29 is 9.53 Å². The van der Waals surface area contributed by atoms with E-state index in [1.54, 1.807) is 18.2 Å². The molecule has 0 bridgehead atoms. The summed E-state index contributed by atoms with van der Waals surface area (Å²) in [5.74, 6) is 0.658. The van der Waals surface area contributed by atoms with Gasteiger partial charge in [-0.25, -0.2) is 10.2 Å². The summed E-state index contributed by atoms with van der Waals surface area (Å²) in [4.78, 5) is 10.5. The zero-order valence-electron chi connectivity index (χ0n) is 11.7. The minimum Gasteiger partial charge on any atom is -0.489 e. The number of hydrazone groups is 1. The second-order valence-corrected chi connectivity index (χ2v) is 4.41. The summed E-state index contributed by atoms with van der Waals surface area (Å²) in [6.45, 7) is 0.357. The van der Waals surface area contributed by atoms with E-state index in [1.807, 2.05) is 30.3 Å². The Balaban J connectivity index is 1.99. The first-order chi connectivity index (χ1) is 10.7. The van der Waals surface area contributed by atoms with Gasteiger partial charge in [-0.2, -0.15) is 10.4 Å². The number of carbonyl (C=O) groups excluding carboxylic acids is 1. The maximum atomic E-state index is 10.5. The average Bonchev–Trinajstić information content (AvgIpc) is 2.53. The third-order valence-electron chi connectivity index (χ3n) is 2.71. The molecule has 22 heavy (non-hydrogen) atoms. The molecule has 0 aromatic heterocycles. The molecular weight excluding hydrogens is 280 g/mol. The van der Waals surface area contributed by atoms with E-state index in [1.165, 1.54) is 6.21 Å². The quantitative estimate of drug-likeness (QED) is 0.652. The number of urea groups is 1. The van der Waals surface area contributed by atoms with E-state index in [9.17, 15) is 4.79 Å². The fraction of sp³-hybridized carbons (Fsp3) is 0.0625. The minimum atomic E-state index is -0.721. The van der Waals surface area contributed by atoms with Crippen molar-refractivity contribution in [3.8, 4) is 11.8 Å². The lowest BCUT2D eigenvalue weighted by atomic mass is 10.1. The van der Waals surface area contributed by atoms with Crippen LogP contribution >= 0.6 is 0 Å². The van der Waals surface area contributed by atoms with Crippen LogP contribution in [0, 0.1) is 11.3 Å². The Morgan fingerprint density at radius 1 is 1.32 bits per heavy atom. The van der Waals surface area contributed by atoms with Crippen LogP contribution in [0.25, 0.3) is 0 Å². The van der Waals surface area contributed by atoms with E-state index >= 15 is 0 Å². The molecule has 0 fully saturated rings. The molecule has 6 heteroatoms. The van der Waals surface area contributed by atoms with Crippen molar-refractivity contribution in [2.24, 2.45) is 10.8 Å². The molecule has 0 radical (unpaired) electrons. The molecule has 2 aromatic carbocycles. The molecule has 0 aliphatic carbocycles. The Bertz CT molecular complexity index is 735. The molecule has 0 aliphatic heterocycles. The van der Waals surface area contributed by atoms with Gasteiger partial charge in [0.05, 0.1) is 17.8 Å². The van der Waals surface area contributed by atoms with Gasteiger partial charge < -0.3 is 10.5 Å². The highest BCUT2D eigenvalue weighted by atomic mass is 16.5. The number of amides is 2. The predicted molar refractivity (Wildman–Crippen MR) is 82.2 cm³/mol. The summed E-state index contributed by atoms with van der Waals surface area (Å²) in [6, 6.07) is 15.8. The summed E-state index contributed by atoms with van der Waals surface area (Å²) in [6.07, 6.45) is 1.47. The zero-order chi connectivity index (χ0) is 15.8. The van der Waals surface area contributed by atoms with Crippen LogP contribution in [0.3, 0.4) is 0 Å². The topological polar surface area (TPSA) is 100 Å². The lowest BCUT2D eigenvalue weighted by Crippen LogP contribution is -2.24. The number of rotatable bonds is 5. The lowest BCUT2D eigenvalue weighted by molar-refractivity contribution is 0.249. The van der Waals surface area contributed by atoms with Gasteiger partial charge >= 0.3 is 6.03 Å². The van der Waals surface area contributed by atoms with Crippen molar-refractivity contribution in [2.75, 3.05) is 0 Å². The van der Waals surface area contributed by atoms with E-state index in [-0.39, 0.29) is 0 Å². The van der Waals surface area contributed by atoms with Crippen LogP contribution in [-0.4, -0.2) is 12.2 Å². The number of nitrogens with zero attached hydrogens (tertiary/aromatic N) is 2. The number of hydrogen-bond acceptors (Lipinski definition) is 4. The first-order valence-corrected chi connectivity index (χ1v) is 6.48. The van der Waals surface area contributed by atoms with E-state index in [0.717, 1.165) is 11.1 Å². The Kier molecular flexibility index (Phi) is 5.10. The standard InChI is InChI=1S/C16H14N4O2/c17-9-12-3-1-5-14(7-12)11-22-15-6-2-4-13(8-15)10-19-20-16(18)21/h1-8,10H,11H2,(H3,18,20,21). The summed E-state index contributed by atoms with van der Waals surface area (Å²) in [7, 11) is 0. The number of ether oxygens (including phenoxy) is 1. The molecule has 0 saturated heterocycles. The van der Waals surface area contributed by atoms with E-state index in [0.29, 0.717) is 17.9 Å². The SMILES string of the molecule is N#Cc1cccc(COc2cccc(C=NNC(N)=O)c2)c1. The van der Waals surface area contributed by atoms with E-state index < -0.39 is 6.03 Å². The molecule has 0 saturated carbocycles. The predicted octanol–water partition coefficient (Wildman–Crippen LogP) is 2.14. The highest BCUT2D eigenvalue weighted by Gasteiger charge is 1.99. The van der Waals surface area contributed by atoms with Crippen molar-refractivity contribution in [1.82, 2.24) is 5.43 Å². The van der Waals surface area contributed by atoms with E-state index in [4.69, 9.17) is 15.7 Å². The summed E-state index contributed by atoms with van der Waals surface area (Å²) >= 11 is 0. The van der Waals surface area contributed by atoms with Crippen molar-refractivity contribution in [3.63, 3.8) is 0 Å². The van der Waals surface area contributed by atoms with Gasteiger partial charge in [-0.15, -0.1) is 0 Å². The average molecular weight is 294 g/mol. The molecule has 0 unspecified atom stereocenters. The number of benzene rings is 2. The zero-order valence-corrected chi connectivity index (χ0v) is 11.7. The monoisotopic (exact) mass is 294 g/mol. The maximum absolute atomic E-state index is 10.5. The molecule has 0 aliphatic rings. The fourth-order valence-electron chi connectivity index (χ4n) is 1.75. The van der Waals surface area contributed by atoms with Gasteiger partial charge in [-0.3, -0.25) is 0 Å². The molecule has 2 amide bonds. The normalized spacial score (nSPS) is 10.1. The van der Waals surface area contributed by atoms with Crippen LogP contribution in [-0.2, 0) is 6.61 Å². The Hall–Kier alpha value is -3.33. The second kappa shape index (κ2) is 7.45. The van der Waals surface area contributed by atoms with Crippen LogP contribution in [0.2, 0.25) is 0 Å². The molecule has 0 atom stereocenters. The largest absolute Gasteiger partial charge is 0.489 e. The van der Waals surface area contributed by atoms with Crippen molar-refractivity contribution in [1.29, 1.82) is 5.26 Å². The van der Waals surface area contributed by atoms with Gasteiger partial charge in [-0.1, -0.05) is 24.3 Å². The van der Waals surface area contributed by atoms with Gasteiger partial charge in [0.25, 0.3) is 0 Å². The Morgan fingerprint density at radius 3 is 2.91 bits per heavy atom. The van der Waals surface area contributed by atoms with Crippen LogP contribution in [0.1, 0.15) is 16.7 Å². The molecule has 6 nitrogen and oxygen atoms in total. The number of hydrogen-bond donors (Lipinski definition) is 2. The van der Waals surface area contributed by atoms with Gasteiger partial charge in [0.15, 0.2) is 0 Å². The van der Waals surface area contributed by atoms with Crippen LogP contribution in [0.15, 0.2) is 53.6 Å². The molecule has 3 N–H and O–H groups in total. The number of nitrogens with one attached hydrogen (secondary N) is 1. The maximum Gasteiger partial charge on any atom is 0.332 e. The Morgan fingerprint density at radius 2 is 2.14 bits per heavy atom. The van der Waals surface area contributed by atoms with Gasteiger partial charge in [0, 0.05) is 0 Å². The highest BCUT2D eigenvalue weighted by Crippen LogP contribution is 2.14. The number of nitriles is 1. The third kappa shape index (κ3) is 4.65. The number of primary amides is 1. The van der Waals surface area contributed by atoms with E-state index in [2.05, 4.69) is 16.6 Å². The number of nitrogens with two attached hydrogens (primary N) is 1. The van der Waals surface area contributed by atoms with Crippen LogP contribution in [0.4, 0.5) is 4.79 Å².